The SMILES string of the molecule is CCC1COCCN1C(=O)c1cccc(-c2ccc3cc[nH]c3c2)c1. The van der Waals surface area contributed by atoms with Crippen molar-refractivity contribution in [1.82, 2.24) is 9.88 Å². The molecule has 0 saturated carbocycles. The van der Waals surface area contributed by atoms with E-state index in [1.54, 1.807) is 0 Å². The van der Waals surface area contributed by atoms with E-state index in [9.17, 15) is 4.79 Å². The first-order valence-electron chi connectivity index (χ1n) is 8.82. The van der Waals surface area contributed by atoms with Gasteiger partial charge in [0, 0.05) is 23.8 Å². The Labute approximate surface area is 147 Å². The summed E-state index contributed by atoms with van der Waals surface area (Å²) in [5.74, 6) is 0.0953. The lowest BCUT2D eigenvalue weighted by molar-refractivity contribution is -0.00279. The molecule has 4 rings (SSSR count). The summed E-state index contributed by atoms with van der Waals surface area (Å²) in [5, 5.41) is 1.19. The molecule has 0 radical (unpaired) electrons. The van der Waals surface area contributed by atoms with Crippen molar-refractivity contribution in [3.05, 3.63) is 60.3 Å². The lowest BCUT2D eigenvalue weighted by Gasteiger charge is -2.35. The highest BCUT2D eigenvalue weighted by atomic mass is 16.5. The summed E-state index contributed by atoms with van der Waals surface area (Å²) in [6.45, 7) is 4.01. The molecule has 1 saturated heterocycles. The molecular formula is C21H22N2O2. The summed E-state index contributed by atoms with van der Waals surface area (Å²) < 4.78 is 5.52. The van der Waals surface area contributed by atoms with Crippen LogP contribution in [0.4, 0.5) is 0 Å². The molecule has 1 amide bonds. The van der Waals surface area contributed by atoms with Crippen molar-refractivity contribution in [2.75, 3.05) is 19.8 Å². The Bertz CT molecular complexity index is 900. The number of morpholine rings is 1. The summed E-state index contributed by atoms with van der Waals surface area (Å²) in [6, 6.07) is 16.5. The highest BCUT2D eigenvalue weighted by Gasteiger charge is 2.26. The number of benzene rings is 2. The van der Waals surface area contributed by atoms with Gasteiger partial charge in [0.05, 0.1) is 19.3 Å². The first kappa shape index (κ1) is 15.9. The van der Waals surface area contributed by atoms with Crippen LogP contribution >= 0.6 is 0 Å². The second-order valence-corrected chi connectivity index (χ2v) is 6.50. The molecule has 1 fully saturated rings. The van der Waals surface area contributed by atoms with Gasteiger partial charge in [-0.25, -0.2) is 0 Å². The van der Waals surface area contributed by atoms with E-state index >= 15 is 0 Å². The molecule has 3 aromatic rings. The number of carbonyl (C=O) groups excluding carboxylic acids is 1. The molecule has 0 bridgehead atoms. The molecule has 1 aromatic heterocycles. The Kier molecular flexibility index (Phi) is 4.28. The van der Waals surface area contributed by atoms with Crippen molar-refractivity contribution in [2.24, 2.45) is 0 Å². The molecule has 0 aliphatic carbocycles. The predicted octanol–water partition coefficient (Wildman–Crippen LogP) is 4.09. The summed E-state index contributed by atoms with van der Waals surface area (Å²) in [5.41, 5.74) is 4.01. The Morgan fingerprint density at radius 3 is 2.96 bits per heavy atom. The first-order valence-corrected chi connectivity index (χ1v) is 8.82. The largest absolute Gasteiger partial charge is 0.377 e. The van der Waals surface area contributed by atoms with Gasteiger partial charge in [-0.15, -0.1) is 0 Å². The summed E-state index contributed by atoms with van der Waals surface area (Å²) in [4.78, 5) is 18.2. The fourth-order valence-corrected chi connectivity index (χ4v) is 3.49. The van der Waals surface area contributed by atoms with Crippen LogP contribution in [0, 0.1) is 0 Å². The lowest BCUT2D eigenvalue weighted by atomic mass is 10.0. The maximum atomic E-state index is 13.0. The Morgan fingerprint density at radius 2 is 2.08 bits per heavy atom. The third-order valence-electron chi connectivity index (χ3n) is 4.96. The van der Waals surface area contributed by atoms with Crippen LogP contribution in [-0.2, 0) is 4.74 Å². The fraction of sp³-hybridized carbons (Fsp3) is 0.286. The molecule has 25 heavy (non-hydrogen) atoms. The second-order valence-electron chi connectivity index (χ2n) is 6.50. The van der Waals surface area contributed by atoms with E-state index in [0.717, 1.165) is 28.6 Å². The fourth-order valence-electron chi connectivity index (χ4n) is 3.49. The van der Waals surface area contributed by atoms with Crippen molar-refractivity contribution in [3.8, 4) is 11.1 Å². The number of hydrogen-bond acceptors (Lipinski definition) is 2. The number of nitrogens with zero attached hydrogens (tertiary/aromatic N) is 1. The highest BCUT2D eigenvalue weighted by Crippen LogP contribution is 2.25. The average Bonchev–Trinajstić information content (AvgIpc) is 3.15. The Morgan fingerprint density at radius 1 is 1.20 bits per heavy atom. The Balaban J connectivity index is 1.65. The summed E-state index contributed by atoms with van der Waals surface area (Å²) in [7, 11) is 0. The zero-order valence-electron chi connectivity index (χ0n) is 14.4. The number of ether oxygens (including phenoxy) is 1. The minimum Gasteiger partial charge on any atom is -0.377 e. The van der Waals surface area contributed by atoms with Gasteiger partial charge in [0.2, 0.25) is 0 Å². The van der Waals surface area contributed by atoms with E-state index in [1.165, 1.54) is 5.39 Å². The van der Waals surface area contributed by atoms with Gasteiger partial charge >= 0.3 is 0 Å². The minimum absolute atomic E-state index is 0.0953. The van der Waals surface area contributed by atoms with Gasteiger partial charge in [-0.1, -0.05) is 31.2 Å². The van der Waals surface area contributed by atoms with Gasteiger partial charge in [-0.3, -0.25) is 4.79 Å². The van der Waals surface area contributed by atoms with Crippen molar-refractivity contribution in [2.45, 2.75) is 19.4 Å². The predicted molar refractivity (Wildman–Crippen MR) is 99.7 cm³/mol. The van der Waals surface area contributed by atoms with Crippen LogP contribution < -0.4 is 0 Å². The van der Waals surface area contributed by atoms with Crippen LogP contribution in [0.5, 0.6) is 0 Å². The molecule has 1 aliphatic heterocycles. The minimum atomic E-state index is 0.0953. The maximum Gasteiger partial charge on any atom is 0.254 e. The first-order chi connectivity index (χ1) is 12.3. The number of fused-ring (bicyclic) bond motifs is 1. The number of H-pyrrole nitrogens is 1. The number of nitrogens with one attached hydrogen (secondary N) is 1. The average molecular weight is 334 g/mol. The van der Waals surface area contributed by atoms with E-state index in [-0.39, 0.29) is 11.9 Å². The van der Waals surface area contributed by atoms with Crippen LogP contribution in [0.3, 0.4) is 0 Å². The quantitative estimate of drug-likeness (QED) is 0.784. The number of amides is 1. The van der Waals surface area contributed by atoms with Crippen molar-refractivity contribution < 1.29 is 9.53 Å². The maximum absolute atomic E-state index is 13.0. The third kappa shape index (κ3) is 3.05. The van der Waals surface area contributed by atoms with E-state index in [1.807, 2.05) is 29.3 Å². The molecule has 2 heterocycles. The zero-order chi connectivity index (χ0) is 17.2. The molecule has 128 valence electrons. The van der Waals surface area contributed by atoms with E-state index in [0.29, 0.717) is 19.8 Å². The standard InChI is InChI=1S/C21H22N2O2/c1-2-19-14-25-11-10-23(19)21(24)18-5-3-4-16(12-18)17-7-6-15-8-9-22-20(15)13-17/h3-9,12-13,19,22H,2,10-11,14H2,1H3. The molecule has 1 unspecified atom stereocenters. The Hall–Kier alpha value is -2.59. The van der Waals surface area contributed by atoms with Crippen molar-refractivity contribution >= 4 is 16.8 Å². The van der Waals surface area contributed by atoms with Crippen LogP contribution in [0.25, 0.3) is 22.0 Å². The molecule has 4 nitrogen and oxygen atoms in total. The molecule has 1 aliphatic rings. The van der Waals surface area contributed by atoms with Gasteiger partial charge in [0.1, 0.15) is 0 Å². The number of aromatic amines is 1. The summed E-state index contributed by atoms with van der Waals surface area (Å²) in [6.07, 6.45) is 2.85. The lowest BCUT2D eigenvalue weighted by Crippen LogP contribution is -2.48. The van der Waals surface area contributed by atoms with Crippen LogP contribution in [-0.4, -0.2) is 41.6 Å². The van der Waals surface area contributed by atoms with Crippen LogP contribution in [0.2, 0.25) is 0 Å². The number of rotatable bonds is 3. The van der Waals surface area contributed by atoms with Crippen molar-refractivity contribution in [1.29, 1.82) is 0 Å². The normalized spacial score (nSPS) is 17.8. The number of aromatic nitrogens is 1. The summed E-state index contributed by atoms with van der Waals surface area (Å²) >= 11 is 0. The van der Waals surface area contributed by atoms with E-state index in [4.69, 9.17) is 4.74 Å². The number of carbonyl (C=O) groups is 1. The van der Waals surface area contributed by atoms with E-state index < -0.39 is 0 Å². The van der Waals surface area contributed by atoms with Gasteiger partial charge in [-0.05, 0) is 47.2 Å². The van der Waals surface area contributed by atoms with E-state index in [2.05, 4.69) is 42.2 Å². The monoisotopic (exact) mass is 334 g/mol. The smallest absolute Gasteiger partial charge is 0.254 e. The highest BCUT2D eigenvalue weighted by molar-refractivity contribution is 5.96. The van der Waals surface area contributed by atoms with Crippen molar-refractivity contribution in [3.63, 3.8) is 0 Å². The molecule has 4 heteroatoms. The van der Waals surface area contributed by atoms with Gasteiger partial charge in [0.25, 0.3) is 5.91 Å². The molecular weight excluding hydrogens is 312 g/mol. The van der Waals surface area contributed by atoms with Gasteiger partial charge in [-0.2, -0.15) is 0 Å². The number of hydrogen-bond donors (Lipinski definition) is 1. The topological polar surface area (TPSA) is 45.3 Å². The molecule has 1 atom stereocenters. The van der Waals surface area contributed by atoms with Crippen LogP contribution in [0.1, 0.15) is 23.7 Å². The van der Waals surface area contributed by atoms with Gasteiger partial charge < -0.3 is 14.6 Å². The molecule has 1 N–H and O–H groups in total. The van der Waals surface area contributed by atoms with Crippen LogP contribution in [0.15, 0.2) is 54.7 Å². The second kappa shape index (κ2) is 6.73. The molecule has 2 aromatic carbocycles. The molecule has 0 spiro atoms. The zero-order valence-corrected chi connectivity index (χ0v) is 14.4. The third-order valence-corrected chi connectivity index (χ3v) is 4.96. The van der Waals surface area contributed by atoms with Gasteiger partial charge in [0.15, 0.2) is 0 Å².